The molecule has 0 spiro atoms. The highest BCUT2D eigenvalue weighted by molar-refractivity contribution is 5.80. The smallest absolute Gasteiger partial charge is 0.334 e. The summed E-state index contributed by atoms with van der Waals surface area (Å²) < 4.78 is 4.75. The number of methoxy groups -OCH3 is 1. The average molecular weight is 293 g/mol. The molecule has 2 N–H and O–H groups in total. The van der Waals surface area contributed by atoms with Crippen molar-refractivity contribution >= 4 is 11.9 Å². The van der Waals surface area contributed by atoms with Crippen LogP contribution in [0.15, 0.2) is 24.3 Å². The Hall–Kier alpha value is -1.88. The highest BCUT2D eigenvalue weighted by atomic mass is 16.5. The van der Waals surface area contributed by atoms with Crippen molar-refractivity contribution in [3.63, 3.8) is 0 Å². The maximum absolute atomic E-state index is 11.8. The van der Waals surface area contributed by atoms with E-state index in [0.717, 1.165) is 12.0 Å². The summed E-state index contributed by atoms with van der Waals surface area (Å²) >= 11 is 0. The van der Waals surface area contributed by atoms with Gasteiger partial charge in [0.15, 0.2) is 6.10 Å². The van der Waals surface area contributed by atoms with Crippen LogP contribution in [-0.4, -0.2) is 36.7 Å². The predicted molar refractivity (Wildman–Crippen MR) is 80.1 cm³/mol. The number of hydrogen-bond acceptors (Lipinski definition) is 3. The first-order valence-corrected chi connectivity index (χ1v) is 7.02. The quantitative estimate of drug-likeness (QED) is 0.764. The van der Waals surface area contributed by atoms with Gasteiger partial charge < -0.3 is 15.2 Å². The largest absolute Gasteiger partial charge is 0.479 e. The molecule has 1 aromatic rings. The van der Waals surface area contributed by atoms with Gasteiger partial charge in [0.2, 0.25) is 5.91 Å². The molecule has 0 aromatic heterocycles. The number of rotatable bonds is 8. The van der Waals surface area contributed by atoms with E-state index < -0.39 is 12.1 Å². The molecular weight excluding hydrogens is 270 g/mol. The Kier molecular flexibility index (Phi) is 6.88. The molecule has 1 unspecified atom stereocenters. The summed E-state index contributed by atoms with van der Waals surface area (Å²) in [4.78, 5) is 22.5. The molecule has 1 aromatic carbocycles. The number of amides is 1. The van der Waals surface area contributed by atoms with Crippen molar-refractivity contribution in [2.45, 2.75) is 32.8 Å². The van der Waals surface area contributed by atoms with Crippen LogP contribution in [0.4, 0.5) is 0 Å². The number of benzene rings is 1. The number of carbonyl (C=O) groups is 2. The Morgan fingerprint density at radius 1 is 1.19 bits per heavy atom. The molecule has 0 bridgehead atoms. The third-order valence-electron chi connectivity index (χ3n) is 3.08. The molecule has 0 saturated carbocycles. The number of carbonyl (C=O) groups excluding carboxylic acids is 1. The second-order valence-corrected chi connectivity index (χ2v) is 5.46. The average Bonchev–Trinajstić information content (AvgIpc) is 2.40. The van der Waals surface area contributed by atoms with Crippen molar-refractivity contribution in [3.8, 4) is 0 Å². The van der Waals surface area contributed by atoms with E-state index in [9.17, 15) is 9.59 Å². The predicted octanol–water partition coefficient (Wildman–Crippen LogP) is 1.64. The molecule has 0 aliphatic carbocycles. The lowest BCUT2D eigenvalue weighted by molar-refractivity contribution is -0.148. The van der Waals surface area contributed by atoms with Crippen LogP contribution in [0.25, 0.3) is 0 Å². The molecule has 0 radical (unpaired) electrons. The van der Waals surface area contributed by atoms with Gasteiger partial charge in [0.05, 0.1) is 13.0 Å². The van der Waals surface area contributed by atoms with Gasteiger partial charge in [-0.25, -0.2) is 4.79 Å². The summed E-state index contributed by atoms with van der Waals surface area (Å²) in [6.45, 7) is 4.29. The molecule has 1 amide bonds. The van der Waals surface area contributed by atoms with Crippen molar-refractivity contribution in [3.05, 3.63) is 35.4 Å². The number of aliphatic carboxylic acids is 1. The van der Waals surface area contributed by atoms with Gasteiger partial charge in [-0.1, -0.05) is 38.1 Å². The first-order valence-electron chi connectivity index (χ1n) is 7.02. The highest BCUT2D eigenvalue weighted by Crippen LogP contribution is 2.10. The Morgan fingerprint density at radius 3 is 2.24 bits per heavy atom. The van der Waals surface area contributed by atoms with Crippen molar-refractivity contribution < 1.29 is 19.4 Å². The van der Waals surface area contributed by atoms with Gasteiger partial charge in [-0.2, -0.15) is 0 Å². The Bertz CT molecular complexity index is 468. The third-order valence-corrected chi connectivity index (χ3v) is 3.08. The molecule has 0 aliphatic rings. The zero-order valence-corrected chi connectivity index (χ0v) is 12.8. The first-order chi connectivity index (χ1) is 9.92. The zero-order valence-electron chi connectivity index (χ0n) is 12.8. The van der Waals surface area contributed by atoms with Crippen LogP contribution in [0.3, 0.4) is 0 Å². The fourth-order valence-electron chi connectivity index (χ4n) is 1.99. The van der Waals surface area contributed by atoms with Crippen molar-refractivity contribution in [2.75, 3.05) is 13.7 Å². The lowest BCUT2D eigenvalue weighted by Crippen LogP contribution is -2.38. The molecule has 5 heteroatoms. The fraction of sp³-hybridized carbons (Fsp3) is 0.500. The normalized spacial score (nSPS) is 12.2. The second kappa shape index (κ2) is 8.42. The van der Waals surface area contributed by atoms with E-state index >= 15 is 0 Å². The van der Waals surface area contributed by atoms with Gasteiger partial charge in [0.25, 0.3) is 0 Å². The number of carboxylic acid groups (broad SMARTS) is 1. The van der Waals surface area contributed by atoms with Crippen LogP contribution < -0.4 is 5.32 Å². The zero-order chi connectivity index (χ0) is 15.8. The van der Waals surface area contributed by atoms with E-state index in [1.54, 1.807) is 0 Å². The van der Waals surface area contributed by atoms with Crippen LogP contribution in [0.5, 0.6) is 0 Å². The van der Waals surface area contributed by atoms with Gasteiger partial charge in [-0.3, -0.25) is 4.79 Å². The monoisotopic (exact) mass is 293 g/mol. The lowest BCUT2D eigenvalue weighted by atomic mass is 10.0. The summed E-state index contributed by atoms with van der Waals surface area (Å²) in [5.41, 5.74) is 2.16. The van der Waals surface area contributed by atoms with Gasteiger partial charge in [0.1, 0.15) is 0 Å². The minimum absolute atomic E-state index is 0.0316. The molecule has 0 saturated heterocycles. The number of ether oxygens (including phenoxy) is 1. The number of hydrogen-bond donors (Lipinski definition) is 2. The summed E-state index contributed by atoms with van der Waals surface area (Å²) in [5, 5.41) is 11.4. The Balaban J connectivity index is 2.46. The van der Waals surface area contributed by atoms with E-state index in [0.29, 0.717) is 5.92 Å². The standard InChI is InChI=1S/C16H23NO4/c1-11(2)8-12-4-6-13(7-5-12)9-15(18)17-10-14(21-3)16(19)20/h4-7,11,14H,8-10H2,1-3H3,(H,17,18)(H,19,20). The molecule has 1 atom stereocenters. The van der Waals surface area contributed by atoms with Crippen LogP contribution in [0, 0.1) is 5.92 Å². The summed E-state index contributed by atoms with van der Waals surface area (Å²) in [5.74, 6) is -0.702. The minimum atomic E-state index is -1.09. The van der Waals surface area contributed by atoms with Crippen molar-refractivity contribution in [1.29, 1.82) is 0 Å². The minimum Gasteiger partial charge on any atom is -0.479 e. The van der Waals surface area contributed by atoms with Gasteiger partial charge >= 0.3 is 5.97 Å². The highest BCUT2D eigenvalue weighted by Gasteiger charge is 2.17. The second-order valence-electron chi connectivity index (χ2n) is 5.46. The summed E-state index contributed by atoms with van der Waals surface area (Å²) in [6.07, 6.45) is 0.237. The fourth-order valence-corrected chi connectivity index (χ4v) is 1.99. The number of carboxylic acids is 1. The van der Waals surface area contributed by atoms with E-state index in [1.165, 1.54) is 12.7 Å². The first kappa shape index (κ1) is 17.2. The molecule has 1 rings (SSSR count). The van der Waals surface area contributed by atoms with Crippen LogP contribution in [0.1, 0.15) is 25.0 Å². The molecule has 0 heterocycles. The van der Waals surface area contributed by atoms with Crippen LogP contribution >= 0.6 is 0 Å². The maximum Gasteiger partial charge on any atom is 0.334 e. The van der Waals surface area contributed by atoms with E-state index in [-0.39, 0.29) is 18.9 Å². The third kappa shape index (κ3) is 6.40. The van der Waals surface area contributed by atoms with Crippen LogP contribution in [-0.2, 0) is 27.2 Å². The molecule has 0 aliphatic heterocycles. The van der Waals surface area contributed by atoms with Gasteiger partial charge in [0, 0.05) is 7.11 Å². The topological polar surface area (TPSA) is 75.6 Å². The molecule has 21 heavy (non-hydrogen) atoms. The number of nitrogens with one attached hydrogen (secondary N) is 1. The van der Waals surface area contributed by atoms with E-state index in [4.69, 9.17) is 9.84 Å². The Morgan fingerprint density at radius 2 is 1.76 bits per heavy atom. The summed E-state index contributed by atoms with van der Waals surface area (Å²) in [7, 11) is 1.30. The van der Waals surface area contributed by atoms with Gasteiger partial charge in [-0.15, -0.1) is 0 Å². The summed E-state index contributed by atoms with van der Waals surface area (Å²) in [6, 6.07) is 7.92. The van der Waals surface area contributed by atoms with E-state index in [1.807, 2.05) is 24.3 Å². The lowest BCUT2D eigenvalue weighted by Gasteiger charge is -2.11. The maximum atomic E-state index is 11.8. The van der Waals surface area contributed by atoms with Gasteiger partial charge in [-0.05, 0) is 23.5 Å². The van der Waals surface area contributed by atoms with Crippen molar-refractivity contribution in [1.82, 2.24) is 5.32 Å². The van der Waals surface area contributed by atoms with Crippen molar-refractivity contribution in [2.24, 2.45) is 5.92 Å². The van der Waals surface area contributed by atoms with Crippen LogP contribution in [0.2, 0.25) is 0 Å². The molecular formula is C16H23NO4. The van der Waals surface area contributed by atoms with E-state index in [2.05, 4.69) is 19.2 Å². The molecule has 0 fully saturated rings. The molecule has 5 nitrogen and oxygen atoms in total. The SMILES string of the molecule is COC(CNC(=O)Cc1ccc(CC(C)C)cc1)C(=O)O. The molecule has 116 valence electrons. The Labute approximate surface area is 125 Å².